The van der Waals surface area contributed by atoms with Gasteiger partial charge in [0.15, 0.2) is 0 Å². The number of benzene rings is 3. The Labute approximate surface area is 288 Å². The van der Waals surface area contributed by atoms with Crippen molar-refractivity contribution in [3.63, 3.8) is 0 Å². The number of carboxylic acid groups (broad SMARTS) is 1. The number of hydrogen-bond donors (Lipinski definition) is 1. The summed E-state index contributed by atoms with van der Waals surface area (Å²) in [6.07, 6.45) is 3.02. The molecule has 9 nitrogen and oxygen atoms in total. The lowest BCUT2D eigenvalue weighted by Crippen LogP contribution is -2.12. The predicted molar refractivity (Wildman–Crippen MR) is 188 cm³/mol. The van der Waals surface area contributed by atoms with Crippen molar-refractivity contribution in [3.05, 3.63) is 112 Å². The van der Waals surface area contributed by atoms with Gasteiger partial charge in [0.2, 0.25) is 0 Å². The monoisotopic (exact) mass is 681 g/mol. The molecule has 1 atom stereocenters. The van der Waals surface area contributed by atoms with E-state index in [0.29, 0.717) is 60.0 Å². The maximum atomic E-state index is 14.3. The Bertz CT molecular complexity index is 2280. The summed E-state index contributed by atoms with van der Waals surface area (Å²) < 4.78 is 32.6. The van der Waals surface area contributed by atoms with Crippen LogP contribution in [-0.4, -0.2) is 41.8 Å². The number of aromatic carboxylic acids is 1. The molecule has 0 spiro atoms. The summed E-state index contributed by atoms with van der Waals surface area (Å²) >= 11 is 7.00. The van der Waals surface area contributed by atoms with Gasteiger partial charge >= 0.3 is 5.97 Å². The molecule has 1 aliphatic rings. The zero-order valence-electron chi connectivity index (χ0n) is 27.9. The number of aromatic nitrogens is 5. The number of nitrogens with zero attached hydrogens (tertiary/aromatic N) is 5. The molecule has 0 saturated heterocycles. The summed E-state index contributed by atoms with van der Waals surface area (Å²) in [4.78, 5) is 12.8. The van der Waals surface area contributed by atoms with Crippen LogP contribution in [0.4, 0.5) is 4.39 Å². The Hall–Kier alpha value is -4.93. The summed E-state index contributed by atoms with van der Waals surface area (Å²) in [5.74, 6) is -0.684. The van der Waals surface area contributed by atoms with Crippen LogP contribution in [0.1, 0.15) is 56.9 Å². The average molecular weight is 682 g/mol. The predicted octanol–water partition coefficient (Wildman–Crippen LogP) is 8.05. The van der Waals surface area contributed by atoms with Crippen LogP contribution in [-0.2, 0) is 44.8 Å². The number of rotatable bonds is 2. The van der Waals surface area contributed by atoms with Crippen molar-refractivity contribution in [2.45, 2.75) is 52.4 Å². The highest BCUT2D eigenvalue weighted by Gasteiger charge is 2.29. The lowest BCUT2D eigenvalue weighted by Gasteiger charge is -2.16. The maximum absolute atomic E-state index is 14.3. The molecule has 1 unspecified atom stereocenters. The third kappa shape index (κ3) is 5.78. The Morgan fingerprint density at radius 2 is 1.88 bits per heavy atom. The van der Waals surface area contributed by atoms with Crippen molar-refractivity contribution in [1.82, 2.24) is 24.1 Å². The normalized spacial score (nSPS) is 15.6. The first-order chi connectivity index (χ1) is 23.5. The molecule has 0 amide bonds. The van der Waals surface area contributed by atoms with Gasteiger partial charge in [-0.15, -0.1) is 6.58 Å². The van der Waals surface area contributed by atoms with Crippen LogP contribution in [0.25, 0.3) is 32.8 Å². The van der Waals surface area contributed by atoms with Crippen LogP contribution in [0.2, 0.25) is 5.02 Å². The number of halogens is 2. The Morgan fingerprint density at radius 1 is 1.06 bits per heavy atom. The topological polar surface area (TPSA) is 96.3 Å². The van der Waals surface area contributed by atoms with Crippen molar-refractivity contribution in [1.29, 1.82) is 0 Å². The van der Waals surface area contributed by atoms with Gasteiger partial charge in [-0.05, 0) is 92.1 Å². The van der Waals surface area contributed by atoms with Gasteiger partial charge < -0.3 is 19.1 Å². The largest absolute Gasteiger partial charge is 0.493 e. The highest BCUT2D eigenvalue weighted by atomic mass is 35.5. The number of ether oxygens (including phenoxy) is 2. The summed E-state index contributed by atoms with van der Waals surface area (Å²) in [6, 6.07) is 14.4. The molecular formula is C38H37ClFN5O4. The second-order valence-corrected chi connectivity index (χ2v) is 13.0. The Kier molecular flexibility index (Phi) is 8.54. The molecule has 8 bridgehead atoms. The smallest absolute Gasteiger partial charge is 0.352 e. The third-order valence-corrected chi connectivity index (χ3v) is 9.86. The molecule has 1 aliphatic heterocycles. The fraction of sp³-hybridized carbons (Fsp3) is 0.289. The van der Waals surface area contributed by atoms with E-state index in [9.17, 15) is 14.3 Å². The molecule has 0 aliphatic carbocycles. The Morgan fingerprint density at radius 3 is 2.65 bits per heavy atom. The number of carboxylic acids is 1. The molecule has 0 fully saturated rings. The molecule has 0 saturated carbocycles. The number of fused-ring (bicyclic) bond motifs is 8. The van der Waals surface area contributed by atoms with E-state index in [1.54, 1.807) is 22.9 Å². The number of hydrogen-bond acceptors (Lipinski definition) is 5. The molecule has 3 aromatic heterocycles. The number of carbonyl (C=O) groups is 1. The molecular weight excluding hydrogens is 645 g/mol. The highest BCUT2D eigenvalue weighted by Crippen LogP contribution is 2.44. The number of aryl methyl sites for hydroxylation is 6. The van der Waals surface area contributed by atoms with Crippen LogP contribution in [0, 0.1) is 19.7 Å². The molecule has 6 aromatic rings. The SMILES string of the molecule is C=CC1OCc2cc(n(C)n2)CCc2cc(c3ccc(F)cc3c2)OCCCn2c(C(=O)O)c(C)c3c(c(Cl)ccc32)-c2c1nn(C)c2C. The van der Waals surface area contributed by atoms with Crippen LogP contribution in [0.5, 0.6) is 5.75 Å². The molecule has 49 heavy (non-hydrogen) atoms. The summed E-state index contributed by atoms with van der Waals surface area (Å²) in [5, 5.41) is 22.8. The van der Waals surface area contributed by atoms with Gasteiger partial charge in [0.25, 0.3) is 0 Å². The van der Waals surface area contributed by atoms with Gasteiger partial charge in [-0.1, -0.05) is 23.7 Å². The highest BCUT2D eigenvalue weighted by molar-refractivity contribution is 6.35. The first kappa shape index (κ1) is 32.6. The van der Waals surface area contributed by atoms with E-state index in [4.69, 9.17) is 31.3 Å². The van der Waals surface area contributed by atoms with Crippen molar-refractivity contribution in [3.8, 4) is 16.9 Å². The van der Waals surface area contributed by atoms with Gasteiger partial charge in [-0.25, -0.2) is 9.18 Å². The zero-order chi connectivity index (χ0) is 34.6. The van der Waals surface area contributed by atoms with E-state index in [1.165, 1.54) is 12.1 Å². The van der Waals surface area contributed by atoms with E-state index in [0.717, 1.165) is 49.9 Å². The van der Waals surface area contributed by atoms with E-state index in [1.807, 2.05) is 61.5 Å². The minimum Gasteiger partial charge on any atom is -0.493 e. The maximum Gasteiger partial charge on any atom is 0.352 e. The molecule has 1 N–H and O–H groups in total. The zero-order valence-corrected chi connectivity index (χ0v) is 28.6. The van der Waals surface area contributed by atoms with Gasteiger partial charge in [0, 0.05) is 64.5 Å². The lowest BCUT2D eigenvalue weighted by molar-refractivity contribution is 0.0668. The minimum atomic E-state index is -1.03. The van der Waals surface area contributed by atoms with Gasteiger partial charge in [0.1, 0.15) is 29.1 Å². The molecule has 0 radical (unpaired) electrons. The van der Waals surface area contributed by atoms with Gasteiger partial charge in [-0.3, -0.25) is 9.36 Å². The van der Waals surface area contributed by atoms with Crippen molar-refractivity contribution < 1.29 is 23.8 Å². The molecule has 4 heterocycles. The first-order valence-electron chi connectivity index (χ1n) is 16.2. The molecule has 7 rings (SSSR count). The third-order valence-electron chi connectivity index (χ3n) is 9.55. The summed E-state index contributed by atoms with van der Waals surface area (Å²) in [7, 11) is 3.77. The molecule has 11 heteroatoms. The van der Waals surface area contributed by atoms with Crippen LogP contribution in [0.3, 0.4) is 0 Å². The standard InChI is InChI=1S/C38H37ClFN5O4/c1-6-31-36-34(22(3)43(4)42-36)35-29(39)12-13-30-33(35)21(2)37(38(46)47)45(30)14-7-15-48-32-17-23(16-24-18-25(40)9-11-28(24)32)8-10-27-19-26(20-49-31)41-44(27)5/h6,9,11-13,16-19,31H,1,7-8,10,14-15,20H2,2-5H3,(H,46,47). The van der Waals surface area contributed by atoms with E-state index in [-0.39, 0.29) is 18.1 Å². The lowest BCUT2D eigenvalue weighted by atomic mass is 9.95. The van der Waals surface area contributed by atoms with E-state index >= 15 is 0 Å². The minimum absolute atomic E-state index is 0.189. The quantitative estimate of drug-likeness (QED) is 0.186. The first-order valence-corrected chi connectivity index (χ1v) is 16.6. The van der Waals surface area contributed by atoms with E-state index < -0.39 is 12.1 Å². The van der Waals surface area contributed by atoms with Gasteiger partial charge in [0.05, 0.1) is 18.9 Å². The van der Waals surface area contributed by atoms with E-state index in [2.05, 4.69) is 6.58 Å². The molecule has 3 aromatic carbocycles. The van der Waals surface area contributed by atoms with Crippen LogP contribution < -0.4 is 4.74 Å². The van der Waals surface area contributed by atoms with Crippen molar-refractivity contribution in [2.75, 3.05) is 6.61 Å². The van der Waals surface area contributed by atoms with Crippen LogP contribution in [0.15, 0.2) is 61.2 Å². The van der Waals surface area contributed by atoms with Crippen molar-refractivity contribution in [2.24, 2.45) is 14.1 Å². The van der Waals surface area contributed by atoms with Gasteiger partial charge in [-0.2, -0.15) is 10.2 Å². The molecule has 252 valence electrons. The average Bonchev–Trinajstić information content (AvgIpc) is 3.67. The second kappa shape index (κ2) is 12.8. The van der Waals surface area contributed by atoms with Crippen molar-refractivity contribution >= 4 is 39.2 Å². The summed E-state index contributed by atoms with van der Waals surface area (Å²) in [6.45, 7) is 8.77. The van der Waals surface area contributed by atoms with Crippen LogP contribution >= 0.6 is 11.6 Å². The Balaban J connectivity index is 1.39. The fourth-order valence-corrected chi connectivity index (χ4v) is 7.37. The second-order valence-electron chi connectivity index (χ2n) is 12.6. The summed E-state index contributed by atoms with van der Waals surface area (Å²) in [5.41, 5.74) is 7.30. The fourth-order valence-electron chi connectivity index (χ4n) is 7.12.